The fourth-order valence-corrected chi connectivity index (χ4v) is 1.56. The van der Waals surface area contributed by atoms with Crippen LogP contribution in [0.2, 0.25) is 5.21 Å². The normalized spacial score (nSPS) is 10.5. The Labute approximate surface area is 62.9 Å². The monoisotopic (exact) mass is 218 g/mol. The van der Waals surface area contributed by atoms with Gasteiger partial charge >= 0.3 is 62.8 Å². The van der Waals surface area contributed by atoms with Gasteiger partial charge in [0.15, 0.2) is 0 Å². The summed E-state index contributed by atoms with van der Waals surface area (Å²) in [6.07, 6.45) is 0. The molecule has 4 heteroatoms. The Morgan fingerprint density at radius 2 is 2.12 bits per heavy atom. The molecule has 0 fully saturated rings. The first-order chi connectivity index (χ1) is 3.77. The van der Waals surface area contributed by atoms with Gasteiger partial charge in [0.05, 0.1) is 0 Å². The minimum atomic E-state index is -1.44. The van der Waals surface area contributed by atoms with E-state index in [9.17, 15) is 0 Å². The first kappa shape index (κ1) is 9.10. The first-order valence-electron chi connectivity index (χ1n) is 2.44. The van der Waals surface area contributed by atoms with Crippen molar-refractivity contribution < 1.29 is 4.74 Å². The Morgan fingerprint density at radius 1 is 1.50 bits per heavy atom. The molecule has 0 atom stereocenters. The summed E-state index contributed by atoms with van der Waals surface area (Å²) in [5.41, 5.74) is 0. The summed E-state index contributed by atoms with van der Waals surface area (Å²) in [4.78, 5) is 0. The zero-order valence-corrected chi connectivity index (χ0v) is 8.12. The van der Waals surface area contributed by atoms with Gasteiger partial charge < -0.3 is 0 Å². The van der Waals surface area contributed by atoms with E-state index >= 15 is 0 Å². The molecule has 0 aromatic carbocycles. The molecule has 0 rings (SSSR count). The molecular formula is C4H9AsCl2O. The number of halogens is 2. The van der Waals surface area contributed by atoms with Gasteiger partial charge in [0, 0.05) is 0 Å². The molecular weight excluding hydrogens is 210 g/mol. The van der Waals surface area contributed by atoms with Crippen LogP contribution in [0.3, 0.4) is 0 Å². The van der Waals surface area contributed by atoms with E-state index < -0.39 is 12.8 Å². The van der Waals surface area contributed by atoms with Crippen LogP contribution in [-0.2, 0) is 4.74 Å². The van der Waals surface area contributed by atoms with E-state index in [1.807, 2.05) is 6.92 Å². The van der Waals surface area contributed by atoms with Gasteiger partial charge in [-0.1, -0.05) is 0 Å². The summed E-state index contributed by atoms with van der Waals surface area (Å²) in [7, 11) is 11.1. The fourth-order valence-electron chi connectivity index (χ4n) is 0.278. The summed E-state index contributed by atoms with van der Waals surface area (Å²) in [5.74, 6) is 0. The van der Waals surface area contributed by atoms with Gasteiger partial charge in [0.25, 0.3) is 0 Å². The molecule has 0 aliphatic rings. The van der Waals surface area contributed by atoms with Crippen molar-refractivity contribution in [1.29, 1.82) is 0 Å². The summed E-state index contributed by atoms with van der Waals surface area (Å²) >= 11 is -1.44. The van der Waals surface area contributed by atoms with E-state index in [1.54, 1.807) is 0 Å². The minimum absolute atomic E-state index is 0.726. The molecule has 0 aromatic rings. The third-order valence-electron chi connectivity index (χ3n) is 0.609. The molecule has 0 heterocycles. The number of rotatable bonds is 4. The number of ether oxygens (including phenoxy) is 1. The van der Waals surface area contributed by atoms with Crippen LogP contribution in [0.1, 0.15) is 6.92 Å². The Morgan fingerprint density at radius 3 is 2.50 bits per heavy atom. The van der Waals surface area contributed by atoms with Crippen LogP contribution in [0.4, 0.5) is 0 Å². The molecule has 0 bridgehead atoms. The molecule has 0 unspecified atom stereocenters. The van der Waals surface area contributed by atoms with E-state index in [1.165, 1.54) is 0 Å². The van der Waals surface area contributed by atoms with Crippen LogP contribution in [0, 0.1) is 0 Å². The topological polar surface area (TPSA) is 9.23 Å². The zero-order chi connectivity index (χ0) is 6.41. The van der Waals surface area contributed by atoms with Crippen molar-refractivity contribution in [3.8, 4) is 0 Å². The van der Waals surface area contributed by atoms with Crippen LogP contribution in [-0.4, -0.2) is 26.0 Å². The molecule has 50 valence electrons. The van der Waals surface area contributed by atoms with Crippen molar-refractivity contribution >= 4 is 32.7 Å². The van der Waals surface area contributed by atoms with Gasteiger partial charge in [-0.3, -0.25) is 0 Å². The van der Waals surface area contributed by atoms with Gasteiger partial charge in [0.2, 0.25) is 0 Å². The maximum absolute atomic E-state index is 5.54. The second-order valence-corrected chi connectivity index (χ2v) is 8.57. The van der Waals surface area contributed by atoms with Crippen LogP contribution < -0.4 is 0 Å². The number of hydrogen-bond acceptors (Lipinski definition) is 1. The average molecular weight is 219 g/mol. The average Bonchev–Trinajstić information content (AvgIpc) is 1.66. The van der Waals surface area contributed by atoms with Gasteiger partial charge in [-0.15, -0.1) is 0 Å². The molecule has 0 aromatic heterocycles. The maximum atomic E-state index is 5.54. The predicted molar refractivity (Wildman–Crippen MR) is 38.8 cm³/mol. The molecule has 8 heavy (non-hydrogen) atoms. The molecule has 0 aliphatic carbocycles. The van der Waals surface area contributed by atoms with E-state index in [-0.39, 0.29) is 0 Å². The van der Waals surface area contributed by atoms with E-state index in [4.69, 9.17) is 24.6 Å². The molecule has 0 radical (unpaired) electrons. The Hall–Kier alpha value is 1.10. The summed E-state index contributed by atoms with van der Waals surface area (Å²) < 4.78 is 5.01. The molecule has 0 N–H and O–H groups in total. The fraction of sp³-hybridized carbons (Fsp3) is 1.00. The SMILES string of the molecule is CCOCC[As](Cl)Cl. The summed E-state index contributed by atoms with van der Waals surface area (Å²) in [5, 5.41) is 0.865. The standard InChI is InChI=1S/C4H9AsCl2O/c1-2-8-4-3-5(6)7/h2-4H2,1H3. The van der Waals surface area contributed by atoms with E-state index in [2.05, 4.69) is 0 Å². The third kappa shape index (κ3) is 7.10. The van der Waals surface area contributed by atoms with Crippen LogP contribution in [0.15, 0.2) is 0 Å². The van der Waals surface area contributed by atoms with Crippen molar-refractivity contribution in [1.82, 2.24) is 0 Å². The zero-order valence-electron chi connectivity index (χ0n) is 4.73. The second-order valence-electron chi connectivity index (χ2n) is 1.22. The van der Waals surface area contributed by atoms with Gasteiger partial charge in [-0.2, -0.15) is 0 Å². The van der Waals surface area contributed by atoms with Crippen molar-refractivity contribution in [3.05, 3.63) is 0 Å². The molecule has 1 nitrogen and oxygen atoms in total. The molecule has 0 spiro atoms. The van der Waals surface area contributed by atoms with Crippen molar-refractivity contribution in [3.63, 3.8) is 0 Å². The molecule has 0 aliphatic heterocycles. The predicted octanol–water partition coefficient (Wildman–Crippen LogP) is 1.99. The third-order valence-corrected chi connectivity index (χ3v) is 3.46. The Kier molecular flexibility index (Phi) is 7.08. The summed E-state index contributed by atoms with van der Waals surface area (Å²) in [6.45, 7) is 3.44. The van der Waals surface area contributed by atoms with Gasteiger partial charge in [0.1, 0.15) is 0 Å². The summed E-state index contributed by atoms with van der Waals surface area (Å²) in [6, 6.07) is 0. The van der Waals surface area contributed by atoms with Gasteiger partial charge in [-0.25, -0.2) is 0 Å². The van der Waals surface area contributed by atoms with Gasteiger partial charge in [-0.05, 0) is 0 Å². The molecule has 0 saturated carbocycles. The van der Waals surface area contributed by atoms with Crippen LogP contribution >= 0.6 is 19.9 Å². The van der Waals surface area contributed by atoms with Crippen molar-refractivity contribution in [2.24, 2.45) is 0 Å². The molecule has 0 amide bonds. The first-order valence-corrected chi connectivity index (χ1v) is 8.70. The molecule has 0 saturated heterocycles. The van der Waals surface area contributed by atoms with Crippen molar-refractivity contribution in [2.75, 3.05) is 13.2 Å². The second kappa shape index (κ2) is 6.22. The van der Waals surface area contributed by atoms with E-state index in [0.29, 0.717) is 0 Å². The van der Waals surface area contributed by atoms with Crippen molar-refractivity contribution in [2.45, 2.75) is 12.1 Å². The number of hydrogen-bond donors (Lipinski definition) is 0. The van der Waals surface area contributed by atoms with Crippen LogP contribution in [0.25, 0.3) is 0 Å². The Bertz CT molecular complexity index is 51.3. The van der Waals surface area contributed by atoms with Crippen LogP contribution in [0.5, 0.6) is 0 Å². The Balaban J connectivity index is 2.72. The van der Waals surface area contributed by atoms with E-state index in [0.717, 1.165) is 18.4 Å². The quantitative estimate of drug-likeness (QED) is 0.518.